The Morgan fingerprint density at radius 3 is 2.76 bits per heavy atom. The van der Waals surface area contributed by atoms with Gasteiger partial charge < -0.3 is 29.7 Å². The van der Waals surface area contributed by atoms with Crippen LogP contribution in [0, 0.1) is 24.7 Å². The lowest BCUT2D eigenvalue weighted by molar-refractivity contribution is -0.136. The van der Waals surface area contributed by atoms with Crippen LogP contribution in [0.25, 0.3) is 0 Å². The number of piperidine rings is 1. The predicted octanol–water partition coefficient (Wildman–Crippen LogP) is 4.22. The maximum absolute atomic E-state index is 13.5. The molecule has 38 heavy (non-hydrogen) atoms. The third-order valence-corrected chi connectivity index (χ3v) is 8.53. The average Bonchev–Trinajstić information content (AvgIpc) is 3.69. The number of amides is 2. The molecule has 8 nitrogen and oxygen atoms in total. The zero-order valence-corrected chi connectivity index (χ0v) is 23.5. The number of benzene rings is 1. The number of hydrogen-bond acceptors (Lipinski definition) is 6. The van der Waals surface area contributed by atoms with Crippen LogP contribution in [0.5, 0.6) is 0 Å². The Morgan fingerprint density at radius 1 is 1.24 bits per heavy atom. The van der Waals surface area contributed by atoms with Gasteiger partial charge in [-0.2, -0.15) is 0 Å². The summed E-state index contributed by atoms with van der Waals surface area (Å²) in [6.45, 7) is 6.05. The lowest BCUT2D eigenvalue weighted by atomic mass is 9.85. The Bertz CT molecular complexity index is 911. The molecule has 4 atom stereocenters. The number of aryl methyl sites for hydroxylation is 1. The summed E-state index contributed by atoms with van der Waals surface area (Å²) in [5.74, 6) is 1.33. The van der Waals surface area contributed by atoms with E-state index in [1.54, 1.807) is 0 Å². The van der Waals surface area contributed by atoms with Crippen LogP contribution in [0.15, 0.2) is 24.3 Å². The van der Waals surface area contributed by atoms with E-state index in [9.17, 15) is 9.59 Å². The van der Waals surface area contributed by atoms with E-state index in [2.05, 4.69) is 51.5 Å². The van der Waals surface area contributed by atoms with Crippen LogP contribution in [-0.2, 0) is 19.0 Å². The average molecular weight is 530 g/mol. The maximum atomic E-state index is 13.5. The highest BCUT2D eigenvalue weighted by atomic mass is 16.5. The van der Waals surface area contributed by atoms with E-state index < -0.39 is 6.09 Å². The Kier molecular flexibility index (Phi) is 10.4. The quantitative estimate of drug-likeness (QED) is 0.394. The second-order valence-corrected chi connectivity index (χ2v) is 11.6. The van der Waals surface area contributed by atoms with Gasteiger partial charge in [-0.1, -0.05) is 29.8 Å². The monoisotopic (exact) mass is 529 g/mol. The fraction of sp³-hybridized carbons (Fsp3) is 0.733. The van der Waals surface area contributed by atoms with Crippen molar-refractivity contribution in [2.45, 2.75) is 70.0 Å². The van der Waals surface area contributed by atoms with E-state index in [1.807, 2.05) is 7.05 Å². The van der Waals surface area contributed by atoms with Crippen LogP contribution >= 0.6 is 0 Å². The standard InChI is InChI=1S/C30H47N3O5/c1-22-6-4-7-25(16-22)28(37-15-13-32-29(35)36-3)26-8-5-14-33(20-26)27(34)18-24(19-31-2)17-23-9-10-30(11-12-30)38-21-23/h4,6-7,16,23-24,26,28,31H,5,8-15,17-21H2,1-3H3,(H,32,35). The SMILES string of the molecule is CNCC(CC(=O)N1CCCC(C(OCCNC(=O)OC)c2cccc(C)c2)C1)CC1CCC2(CC2)OC1. The summed E-state index contributed by atoms with van der Waals surface area (Å²) in [4.78, 5) is 27.0. The molecule has 0 aromatic heterocycles. The first-order valence-corrected chi connectivity index (χ1v) is 14.5. The molecule has 3 fully saturated rings. The molecule has 2 amide bonds. The summed E-state index contributed by atoms with van der Waals surface area (Å²) in [6, 6.07) is 8.41. The molecule has 1 saturated carbocycles. The highest BCUT2D eigenvalue weighted by molar-refractivity contribution is 5.76. The number of carbonyl (C=O) groups is 2. The second kappa shape index (κ2) is 13.8. The number of likely N-dealkylation sites (tertiary alicyclic amines) is 1. The molecule has 2 heterocycles. The van der Waals surface area contributed by atoms with Gasteiger partial charge in [0.05, 0.1) is 32.0 Å². The molecule has 3 aliphatic rings. The summed E-state index contributed by atoms with van der Waals surface area (Å²) < 4.78 is 17.2. The molecule has 0 radical (unpaired) electrons. The number of ether oxygens (including phenoxy) is 3. The van der Waals surface area contributed by atoms with E-state index in [1.165, 1.54) is 38.4 Å². The number of nitrogens with one attached hydrogen (secondary N) is 2. The van der Waals surface area contributed by atoms with Crippen molar-refractivity contribution in [2.24, 2.45) is 17.8 Å². The van der Waals surface area contributed by atoms with E-state index in [-0.39, 0.29) is 23.5 Å². The highest BCUT2D eigenvalue weighted by Crippen LogP contribution is 2.48. The molecule has 2 saturated heterocycles. The van der Waals surface area contributed by atoms with Crippen LogP contribution in [0.4, 0.5) is 4.79 Å². The lowest BCUT2D eigenvalue weighted by Gasteiger charge is -2.38. The topological polar surface area (TPSA) is 89.1 Å². The molecule has 2 N–H and O–H groups in total. The molecule has 0 bridgehead atoms. The predicted molar refractivity (Wildman–Crippen MR) is 147 cm³/mol. The van der Waals surface area contributed by atoms with Crippen molar-refractivity contribution >= 4 is 12.0 Å². The summed E-state index contributed by atoms with van der Waals surface area (Å²) in [6.07, 6.45) is 7.86. The molecular formula is C30H47N3O5. The third kappa shape index (κ3) is 8.17. The third-order valence-electron chi connectivity index (χ3n) is 8.53. The van der Waals surface area contributed by atoms with Gasteiger partial charge in [-0.3, -0.25) is 4.79 Å². The molecule has 8 heteroatoms. The number of nitrogens with zero attached hydrogens (tertiary/aromatic N) is 1. The van der Waals surface area contributed by atoms with Crippen LogP contribution < -0.4 is 10.6 Å². The summed E-state index contributed by atoms with van der Waals surface area (Å²) in [7, 11) is 3.33. The number of hydrogen-bond donors (Lipinski definition) is 2. The van der Waals surface area contributed by atoms with Crippen LogP contribution in [-0.4, -0.2) is 76.1 Å². The fourth-order valence-electron chi connectivity index (χ4n) is 6.26. The molecule has 1 spiro atoms. The molecule has 1 aromatic rings. The molecular weight excluding hydrogens is 482 g/mol. The zero-order valence-electron chi connectivity index (χ0n) is 23.5. The maximum Gasteiger partial charge on any atom is 0.406 e. The Labute approximate surface area is 228 Å². The van der Waals surface area contributed by atoms with Crippen molar-refractivity contribution in [3.05, 3.63) is 35.4 Å². The fourth-order valence-corrected chi connectivity index (χ4v) is 6.26. The van der Waals surface area contributed by atoms with Crippen molar-refractivity contribution in [1.82, 2.24) is 15.5 Å². The first-order valence-electron chi connectivity index (χ1n) is 14.5. The van der Waals surface area contributed by atoms with Crippen molar-refractivity contribution < 1.29 is 23.8 Å². The van der Waals surface area contributed by atoms with Gasteiger partial charge in [-0.05, 0) is 82.9 Å². The van der Waals surface area contributed by atoms with Gasteiger partial charge in [0.25, 0.3) is 0 Å². The summed E-state index contributed by atoms with van der Waals surface area (Å²) in [5, 5.41) is 6.01. The molecule has 212 valence electrons. The van der Waals surface area contributed by atoms with Gasteiger partial charge in [0.15, 0.2) is 0 Å². The van der Waals surface area contributed by atoms with Gasteiger partial charge in [-0.15, -0.1) is 0 Å². The minimum atomic E-state index is -0.460. The molecule has 2 aliphatic heterocycles. The number of rotatable bonds is 12. The normalized spacial score (nSPS) is 24.0. The molecule has 1 aliphatic carbocycles. The van der Waals surface area contributed by atoms with Crippen molar-refractivity contribution in [3.63, 3.8) is 0 Å². The van der Waals surface area contributed by atoms with Crippen molar-refractivity contribution in [3.8, 4) is 0 Å². The zero-order chi connectivity index (χ0) is 27.0. The van der Waals surface area contributed by atoms with Gasteiger partial charge in [0.1, 0.15) is 0 Å². The van der Waals surface area contributed by atoms with E-state index in [0.29, 0.717) is 38.0 Å². The second-order valence-electron chi connectivity index (χ2n) is 11.6. The van der Waals surface area contributed by atoms with Gasteiger partial charge >= 0.3 is 6.09 Å². The highest BCUT2D eigenvalue weighted by Gasteiger charge is 2.46. The van der Waals surface area contributed by atoms with E-state index in [0.717, 1.165) is 44.5 Å². The van der Waals surface area contributed by atoms with Gasteiger partial charge in [-0.25, -0.2) is 4.79 Å². The summed E-state index contributed by atoms with van der Waals surface area (Å²) in [5.41, 5.74) is 2.53. The van der Waals surface area contributed by atoms with Crippen LogP contribution in [0.3, 0.4) is 0 Å². The molecule has 1 aromatic carbocycles. The minimum absolute atomic E-state index is 0.132. The van der Waals surface area contributed by atoms with Gasteiger partial charge in [0.2, 0.25) is 5.91 Å². The first-order chi connectivity index (χ1) is 18.4. The Balaban J connectivity index is 1.34. The number of alkyl carbamates (subject to hydrolysis) is 1. The van der Waals surface area contributed by atoms with Crippen LogP contribution in [0.1, 0.15) is 68.6 Å². The van der Waals surface area contributed by atoms with Crippen molar-refractivity contribution in [1.29, 1.82) is 0 Å². The van der Waals surface area contributed by atoms with Crippen LogP contribution in [0.2, 0.25) is 0 Å². The Morgan fingerprint density at radius 2 is 2.08 bits per heavy atom. The largest absolute Gasteiger partial charge is 0.453 e. The van der Waals surface area contributed by atoms with Crippen molar-refractivity contribution in [2.75, 3.05) is 53.6 Å². The Hall–Kier alpha value is -2.16. The first kappa shape index (κ1) is 28.8. The van der Waals surface area contributed by atoms with Gasteiger partial charge in [0, 0.05) is 32.0 Å². The molecule has 4 rings (SSSR count). The minimum Gasteiger partial charge on any atom is -0.453 e. The number of carbonyl (C=O) groups excluding carboxylic acids is 2. The lowest BCUT2D eigenvalue weighted by Crippen LogP contribution is -2.43. The number of methoxy groups -OCH3 is 1. The van der Waals surface area contributed by atoms with E-state index in [4.69, 9.17) is 9.47 Å². The molecule has 4 unspecified atom stereocenters. The van der Waals surface area contributed by atoms with E-state index >= 15 is 0 Å². The summed E-state index contributed by atoms with van der Waals surface area (Å²) >= 11 is 0. The smallest absolute Gasteiger partial charge is 0.406 e.